The summed E-state index contributed by atoms with van der Waals surface area (Å²) in [4.78, 5) is 0. The third-order valence-corrected chi connectivity index (χ3v) is 3.85. The number of halogens is 1. The number of benzene rings is 2. The van der Waals surface area contributed by atoms with Gasteiger partial charge >= 0.3 is 0 Å². The van der Waals surface area contributed by atoms with Crippen molar-refractivity contribution in [3.8, 4) is 22.6 Å². The fourth-order valence-corrected chi connectivity index (χ4v) is 2.68. The molecule has 1 atom stereocenters. The number of aryl methyl sites for hydroxylation is 1. The van der Waals surface area contributed by atoms with Crippen molar-refractivity contribution < 1.29 is 13.9 Å². The molecule has 1 heterocycles. The number of methoxy groups -OCH3 is 1. The lowest BCUT2D eigenvalue weighted by Gasteiger charge is -2.32. The molecule has 21 heavy (non-hydrogen) atoms. The Bertz CT molecular complexity index is 659. The van der Waals surface area contributed by atoms with Crippen LogP contribution < -0.4 is 15.2 Å². The highest BCUT2D eigenvalue weighted by Crippen LogP contribution is 2.43. The number of para-hydroxylation sites is 2. The van der Waals surface area contributed by atoms with Crippen molar-refractivity contribution in [1.29, 1.82) is 0 Å². The fourth-order valence-electron chi connectivity index (χ4n) is 2.68. The van der Waals surface area contributed by atoms with Crippen LogP contribution >= 0.6 is 0 Å². The summed E-state index contributed by atoms with van der Waals surface area (Å²) in [7, 11) is 1.62. The largest absolute Gasteiger partial charge is 0.496 e. The quantitative estimate of drug-likeness (QED) is 0.942. The SMILES string of the molecule is COc1ccccc1-c1cccc2c1O[C@](F)(CN)CC2. The second-order valence-electron chi connectivity index (χ2n) is 5.18. The van der Waals surface area contributed by atoms with Crippen molar-refractivity contribution in [1.82, 2.24) is 0 Å². The summed E-state index contributed by atoms with van der Waals surface area (Å²) in [6, 6.07) is 13.5. The second-order valence-corrected chi connectivity index (χ2v) is 5.18. The lowest BCUT2D eigenvalue weighted by Crippen LogP contribution is -2.42. The molecule has 0 spiro atoms. The van der Waals surface area contributed by atoms with Crippen molar-refractivity contribution in [3.63, 3.8) is 0 Å². The van der Waals surface area contributed by atoms with Crippen LogP contribution in [0.25, 0.3) is 11.1 Å². The van der Waals surface area contributed by atoms with Crippen molar-refractivity contribution in [3.05, 3.63) is 48.0 Å². The van der Waals surface area contributed by atoms with Gasteiger partial charge in [-0.25, -0.2) is 0 Å². The maximum absolute atomic E-state index is 14.5. The van der Waals surface area contributed by atoms with Crippen LogP contribution in [0.5, 0.6) is 11.5 Å². The summed E-state index contributed by atoms with van der Waals surface area (Å²) in [5.74, 6) is -0.482. The molecule has 0 fully saturated rings. The molecule has 4 heteroatoms. The summed E-state index contributed by atoms with van der Waals surface area (Å²) >= 11 is 0. The third kappa shape index (κ3) is 2.47. The third-order valence-electron chi connectivity index (χ3n) is 3.85. The van der Waals surface area contributed by atoms with E-state index in [1.54, 1.807) is 7.11 Å². The van der Waals surface area contributed by atoms with Crippen molar-refractivity contribution in [2.45, 2.75) is 18.7 Å². The molecule has 0 amide bonds. The summed E-state index contributed by atoms with van der Waals surface area (Å²) < 4.78 is 25.5. The lowest BCUT2D eigenvalue weighted by atomic mass is 9.94. The molecule has 2 N–H and O–H groups in total. The minimum Gasteiger partial charge on any atom is -0.496 e. The summed E-state index contributed by atoms with van der Waals surface area (Å²) in [5.41, 5.74) is 8.24. The number of ether oxygens (including phenoxy) is 2. The number of rotatable bonds is 3. The fraction of sp³-hybridized carbons (Fsp3) is 0.294. The maximum atomic E-state index is 14.5. The Morgan fingerprint density at radius 1 is 1.19 bits per heavy atom. The Morgan fingerprint density at radius 3 is 2.71 bits per heavy atom. The van der Waals surface area contributed by atoms with E-state index in [0.717, 1.165) is 22.4 Å². The molecule has 3 rings (SSSR count). The lowest BCUT2D eigenvalue weighted by molar-refractivity contribution is -0.0687. The Morgan fingerprint density at radius 2 is 1.95 bits per heavy atom. The Hall–Kier alpha value is -2.07. The Balaban J connectivity index is 2.13. The highest BCUT2D eigenvalue weighted by atomic mass is 19.2. The van der Waals surface area contributed by atoms with Crippen LogP contribution in [-0.2, 0) is 6.42 Å². The summed E-state index contributed by atoms with van der Waals surface area (Å²) in [6.07, 6.45) is 0.901. The molecule has 2 aromatic carbocycles. The molecule has 1 aliphatic rings. The van der Waals surface area contributed by atoms with E-state index in [1.165, 1.54) is 0 Å². The number of nitrogens with two attached hydrogens (primary N) is 1. The minimum absolute atomic E-state index is 0.146. The molecule has 0 aromatic heterocycles. The van der Waals surface area contributed by atoms with E-state index in [9.17, 15) is 4.39 Å². The normalized spacial score (nSPS) is 20.5. The van der Waals surface area contributed by atoms with Gasteiger partial charge in [-0.15, -0.1) is 0 Å². The van der Waals surface area contributed by atoms with E-state index in [4.69, 9.17) is 15.2 Å². The second kappa shape index (κ2) is 5.37. The molecule has 110 valence electrons. The molecule has 0 aliphatic carbocycles. The van der Waals surface area contributed by atoms with Crippen LogP contribution in [0, 0.1) is 0 Å². The molecular weight excluding hydrogens is 269 g/mol. The summed E-state index contributed by atoms with van der Waals surface area (Å²) in [5, 5.41) is 0. The van der Waals surface area contributed by atoms with E-state index >= 15 is 0 Å². The van der Waals surface area contributed by atoms with Gasteiger partial charge in [0, 0.05) is 17.5 Å². The minimum atomic E-state index is -1.79. The van der Waals surface area contributed by atoms with Gasteiger partial charge in [0.1, 0.15) is 11.5 Å². The smallest absolute Gasteiger partial charge is 0.260 e. The van der Waals surface area contributed by atoms with Gasteiger partial charge < -0.3 is 15.2 Å². The molecule has 3 nitrogen and oxygen atoms in total. The van der Waals surface area contributed by atoms with Crippen LogP contribution in [0.15, 0.2) is 42.5 Å². The number of hydrogen-bond donors (Lipinski definition) is 1. The van der Waals surface area contributed by atoms with Crippen LogP contribution in [0.2, 0.25) is 0 Å². The highest BCUT2D eigenvalue weighted by molar-refractivity contribution is 5.77. The molecule has 0 radical (unpaired) electrons. The van der Waals surface area contributed by atoms with Crippen LogP contribution in [0.1, 0.15) is 12.0 Å². The van der Waals surface area contributed by atoms with Crippen molar-refractivity contribution in [2.75, 3.05) is 13.7 Å². The highest BCUT2D eigenvalue weighted by Gasteiger charge is 2.36. The molecule has 0 saturated carbocycles. The van der Waals surface area contributed by atoms with Crippen molar-refractivity contribution >= 4 is 0 Å². The number of fused-ring (bicyclic) bond motifs is 1. The molecule has 2 aromatic rings. The topological polar surface area (TPSA) is 44.5 Å². The monoisotopic (exact) mass is 287 g/mol. The van der Waals surface area contributed by atoms with Gasteiger partial charge in [-0.1, -0.05) is 36.4 Å². The van der Waals surface area contributed by atoms with Gasteiger partial charge in [0.05, 0.1) is 13.7 Å². The van der Waals surface area contributed by atoms with E-state index < -0.39 is 5.85 Å². The first-order chi connectivity index (χ1) is 10.2. The summed E-state index contributed by atoms with van der Waals surface area (Å²) in [6.45, 7) is -0.146. The average Bonchev–Trinajstić information content (AvgIpc) is 2.54. The first kappa shape index (κ1) is 13.9. The number of alkyl halides is 1. The van der Waals surface area contributed by atoms with Crippen LogP contribution in [-0.4, -0.2) is 19.5 Å². The zero-order valence-corrected chi connectivity index (χ0v) is 11.9. The van der Waals surface area contributed by atoms with E-state index in [1.807, 2.05) is 42.5 Å². The van der Waals surface area contributed by atoms with Crippen molar-refractivity contribution in [2.24, 2.45) is 5.73 Å². The molecule has 0 saturated heterocycles. The van der Waals surface area contributed by atoms with Crippen LogP contribution in [0.4, 0.5) is 4.39 Å². The van der Waals surface area contributed by atoms with E-state index in [-0.39, 0.29) is 13.0 Å². The first-order valence-electron chi connectivity index (χ1n) is 7.00. The van der Waals surface area contributed by atoms with Crippen LogP contribution in [0.3, 0.4) is 0 Å². The van der Waals surface area contributed by atoms with Gasteiger partial charge in [0.2, 0.25) is 0 Å². The van der Waals surface area contributed by atoms with E-state index in [2.05, 4.69) is 0 Å². The molecule has 1 aliphatic heterocycles. The zero-order valence-electron chi connectivity index (χ0n) is 11.9. The van der Waals surface area contributed by atoms with E-state index in [0.29, 0.717) is 12.2 Å². The molecular formula is C17H18FNO2. The Kier molecular flexibility index (Phi) is 3.55. The molecule has 0 bridgehead atoms. The van der Waals surface area contributed by atoms with Gasteiger partial charge in [0.15, 0.2) is 0 Å². The molecule has 0 unspecified atom stereocenters. The zero-order chi connectivity index (χ0) is 14.9. The van der Waals surface area contributed by atoms with Gasteiger partial charge in [-0.3, -0.25) is 0 Å². The predicted octanol–water partition coefficient (Wildman–Crippen LogP) is 3.31. The van der Waals surface area contributed by atoms with Gasteiger partial charge in [-0.2, -0.15) is 4.39 Å². The van der Waals surface area contributed by atoms with Gasteiger partial charge in [-0.05, 0) is 18.1 Å². The average molecular weight is 287 g/mol. The van der Waals surface area contributed by atoms with Gasteiger partial charge in [0.25, 0.3) is 5.85 Å². The predicted molar refractivity (Wildman–Crippen MR) is 80.3 cm³/mol. The first-order valence-corrected chi connectivity index (χ1v) is 7.00. The number of hydrogen-bond acceptors (Lipinski definition) is 3. The standard InChI is InChI=1S/C17H18FNO2/c1-20-15-8-3-2-6-13(15)14-7-4-5-12-9-10-17(18,11-19)21-16(12)14/h2-8H,9-11,19H2,1H3/t17-/m0/s1. The Labute approximate surface area is 123 Å². The maximum Gasteiger partial charge on any atom is 0.260 e.